The van der Waals surface area contributed by atoms with Crippen LogP contribution >= 0.6 is 17.0 Å². The first-order chi connectivity index (χ1) is 11.4. The molecular formula is C19H23Cl2NOZr. The van der Waals surface area contributed by atoms with Crippen molar-refractivity contribution in [2.75, 3.05) is 0 Å². The van der Waals surface area contributed by atoms with Crippen LogP contribution in [0.1, 0.15) is 43.9 Å². The number of para-hydroxylation sites is 1. The Labute approximate surface area is 163 Å². The van der Waals surface area contributed by atoms with Gasteiger partial charge in [0.25, 0.3) is 0 Å². The topological polar surface area (TPSA) is 32.6 Å². The molecule has 0 spiro atoms. The van der Waals surface area contributed by atoms with Gasteiger partial charge in [0.05, 0.1) is 5.69 Å². The second-order valence-electron chi connectivity index (χ2n) is 6.15. The van der Waals surface area contributed by atoms with Crippen molar-refractivity contribution in [1.82, 2.24) is 0 Å². The third-order valence-electron chi connectivity index (χ3n) is 4.01. The monoisotopic (exact) mass is 441 g/mol. The van der Waals surface area contributed by atoms with Gasteiger partial charge in [-0.1, -0.05) is 45.0 Å². The quantitative estimate of drug-likeness (QED) is 0.537. The molecule has 5 heteroatoms. The van der Waals surface area contributed by atoms with Crippen molar-refractivity contribution in [3.63, 3.8) is 0 Å². The Morgan fingerprint density at radius 3 is 2.29 bits per heavy atom. The minimum atomic E-state index is -0.826. The van der Waals surface area contributed by atoms with Crippen molar-refractivity contribution >= 4 is 28.9 Å². The van der Waals surface area contributed by atoms with Crippen LogP contribution in [0.3, 0.4) is 0 Å². The summed E-state index contributed by atoms with van der Waals surface area (Å²) in [5.41, 5.74) is 3.73. The third kappa shape index (κ3) is 6.35. The number of hydrogen-bond acceptors (Lipinski definition) is 2. The standard InChI is InChI=1S/C19H23NO.2ClH.Zr/c1-5-19(3,4)17-12-14(2)11-15(18(17)21)13-20-16-9-7-6-8-10-16;;;/h6-13,21H,5H2,1-4H3;2*1H;/q;;;+2/p-2. The SMILES string of the molecule is CCC(C)(C)c1cc(C)cc(C=Nc2ccccc2)c1O.[Cl][Zr][Cl]. The number of phenolic OH excluding ortho intramolecular Hbond substituents is 1. The fraction of sp³-hybridized carbons (Fsp3) is 0.316. The second kappa shape index (κ2) is 10.4. The molecule has 2 aromatic rings. The number of hydrogen-bond donors (Lipinski definition) is 1. The molecule has 0 amide bonds. The van der Waals surface area contributed by atoms with Gasteiger partial charge < -0.3 is 5.11 Å². The number of benzene rings is 2. The van der Waals surface area contributed by atoms with Gasteiger partial charge in [-0.3, -0.25) is 4.99 Å². The van der Waals surface area contributed by atoms with Gasteiger partial charge in [-0.05, 0) is 42.5 Å². The molecule has 1 N–H and O–H groups in total. The van der Waals surface area contributed by atoms with E-state index in [1.54, 1.807) is 6.21 Å². The molecule has 0 saturated heterocycles. The van der Waals surface area contributed by atoms with E-state index in [0.29, 0.717) is 5.75 Å². The van der Waals surface area contributed by atoms with E-state index in [0.717, 1.165) is 28.8 Å². The van der Waals surface area contributed by atoms with Gasteiger partial charge in [0.2, 0.25) is 0 Å². The maximum atomic E-state index is 10.6. The predicted molar refractivity (Wildman–Crippen MR) is 102 cm³/mol. The van der Waals surface area contributed by atoms with Gasteiger partial charge in [0.15, 0.2) is 0 Å². The molecule has 0 aliphatic rings. The van der Waals surface area contributed by atoms with Crippen LogP contribution in [-0.2, 0) is 26.3 Å². The molecule has 0 aromatic heterocycles. The summed E-state index contributed by atoms with van der Waals surface area (Å²) in [4.78, 5) is 4.44. The number of aryl methyl sites for hydroxylation is 1. The zero-order valence-electron chi connectivity index (χ0n) is 14.5. The van der Waals surface area contributed by atoms with Gasteiger partial charge in [0.1, 0.15) is 5.75 Å². The molecule has 2 nitrogen and oxygen atoms in total. The first-order valence-electron chi connectivity index (χ1n) is 7.75. The van der Waals surface area contributed by atoms with Crippen molar-refractivity contribution in [3.8, 4) is 5.75 Å². The molecule has 0 aliphatic carbocycles. The summed E-state index contributed by atoms with van der Waals surface area (Å²) in [6.07, 6.45) is 2.71. The van der Waals surface area contributed by atoms with Crippen molar-refractivity contribution in [2.24, 2.45) is 4.99 Å². The first kappa shape index (κ1) is 21.4. The summed E-state index contributed by atoms with van der Waals surface area (Å²) in [7, 11) is 9.87. The Morgan fingerprint density at radius 1 is 1.17 bits per heavy atom. The average molecular weight is 444 g/mol. The third-order valence-corrected chi connectivity index (χ3v) is 4.01. The summed E-state index contributed by atoms with van der Waals surface area (Å²) in [6, 6.07) is 13.8. The summed E-state index contributed by atoms with van der Waals surface area (Å²) in [6.45, 7) is 8.49. The molecule has 0 heterocycles. The van der Waals surface area contributed by atoms with Crippen molar-refractivity contribution in [2.45, 2.75) is 39.5 Å². The van der Waals surface area contributed by atoms with E-state index >= 15 is 0 Å². The molecule has 2 aromatic carbocycles. The van der Waals surface area contributed by atoms with Gasteiger partial charge in [0, 0.05) is 17.3 Å². The molecule has 0 unspecified atom stereocenters. The van der Waals surface area contributed by atoms with E-state index in [4.69, 9.17) is 17.0 Å². The van der Waals surface area contributed by atoms with Crippen LogP contribution in [0.25, 0.3) is 0 Å². The summed E-state index contributed by atoms with van der Waals surface area (Å²) >= 11 is -0.826. The normalized spacial score (nSPS) is 11.1. The fourth-order valence-electron chi connectivity index (χ4n) is 2.27. The molecule has 0 atom stereocenters. The van der Waals surface area contributed by atoms with Crippen LogP contribution in [0.15, 0.2) is 47.5 Å². The van der Waals surface area contributed by atoms with Crippen LogP contribution in [0.4, 0.5) is 5.69 Å². The van der Waals surface area contributed by atoms with Crippen LogP contribution in [0.2, 0.25) is 0 Å². The van der Waals surface area contributed by atoms with Gasteiger partial charge >= 0.3 is 37.9 Å². The zero-order chi connectivity index (χ0) is 18.2. The predicted octanol–water partition coefficient (Wildman–Crippen LogP) is 6.52. The van der Waals surface area contributed by atoms with E-state index in [2.05, 4.69) is 38.8 Å². The molecule has 0 fully saturated rings. The van der Waals surface area contributed by atoms with Gasteiger partial charge in [-0.2, -0.15) is 0 Å². The number of aromatic hydroxyl groups is 1. The Kier molecular flexibility index (Phi) is 9.27. The van der Waals surface area contributed by atoms with E-state index in [9.17, 15) is 5.11 Å². The van der Waals surface area contributed by atoms with E-state index in [-0.39, 0.29) is 5.41 Å². The maximum absolute atomic E-state index is 10.6. The molecule has 0 aliphatic heterocycles. The van der Waals surface area contributed by atoms with Crippen LogP contribution in [0.5, 0.6) is 5.75 Å². The summed E-state index contributed by atoms with van der Waals surface area (Å²) in [5, 5.41) is 10.6. The number of aliphatic imine (C=N–C) groups is 1. The van der Waals surface area contributed by atoms with Crippen LogP contribution < -0.4 is 0 Å². The Hall–Kier alpha value is -0.627. The summed E-state index contributed by atoms with van der Waals surface area (Å²) < 4.78 is 0. The average Bonchev–Trinajstić information content (AvgIpc) is 2.57. The minimum absolute atomic E-state index is 0.0502. The number of halogens is 2. The molecule has 24 heavy (non-hydrogen) atoms. The van der Waals surface area contributed by atoms with Crippen molar-refractivity contribution in [3.05, 3.63) is 59.2 Å². The molecule has 128 valence electrons. The molecule has 2 rings (SSSR count). The van der Waals surface area contributed by atoms with Crippen molar-refractivity contribution in [1.29, 1.82) is 0 Å². The number of rotatable bonds is 4. The Bertz CT molecular complexity index is 673. The van der Waals surface area contributed by atoms with E-state index in [1.165, 1.54) is 0 Å². The van der Waals surface area contributed by atoms with E-state index < -0.39 is 20.8 Å². The number of phenols is 1. The Morgan fingerprint density at radius 2 is 1.75 bits per heavy atom. The van der Waals surface area contributed by atoms with Gasteiger partial charge in [-0.15, -0.1) is 0 Å². The second-order valence-corrected chi connectivity index (χ2v) is 9.88. The molecule has 0 saturated carbocycles. The first-order valence-corrected chi connectivity index (χ1v) is 14.1. The van der Waals surface area contributed by atoms with Crippen LogP contribution in [0, 0.1) is 6.92 Å². The van der Waals surface area contributed by atoms with Crippen LogP contribution in [-0.4, -0.2) is 11.3 Å². The fourth-order valence-corrected chi connectivity index (χ4v) is 2.27. The molecule has 0 bridgehead atoms. The molecular weight excluding hydrogens is 420 g/mol. The summed E-state index contributed by atoms with van der Waals surface area (Å²) in [5.74, 6) is 0.340. The molecule has 0 radical (unpaired) electrons. The number of nitrogens with zero attached hydrogens (tertiary/aromatic N) is 1. The Balaban J connectivity index is 0.000000891. The van der Waals surface area contributed by atoms with Gasteiger partial charge in [-0.25, -0.2) is 0 Å². The van der Waals surface area contributed by atoms with Crippen molar-refractivity contribution < 1.29 is 26.0 Å². The zero-order valence-corrected chi connectivity index (χ0v) is 18.4. The van der Waals surface area contributed by atoms with E-state index in [1.807, 2.05) is 36.4 Å².